The van der Waals surface area contributed by atoms with Gasteiger partial charge in [0.1, 0.15) is 0 Å². The van der Waals surface area contributed by atoms with Crippen LogP contribution >= 0.6 is 0 Å². The van der Waals surface area contributed by atoms with Crippen LogP contribution in [-0.2, 0) is 4.74 Å². The van der Waals surface area contributed by atoms with Gasteiger partial charge in [0.2, 0.25) is 0 Å². The number of nitrogens with one attached hydrogen (secondary N) is 1. The van der Waals surface area contributed by atoms with E-state index in [2.05, 4.69) is 22.2 Å². The standard InChI is InChI=1S/C12H19N3O/c1-10(12-8-13-5-6-15-12)14-4-2-11-3-7-16-9-11/h5-6,8,10-11,14H,2-4,7,9H2,1H3. The van der Waals surface area contributed by atoms with E-state index < -0.39 is 0 Å². The molecular weight excluding hydrogens is 202 g/mol. The summed E-state index contributed by atoms with van der Waals surface area (Å²) in [6.45, 7) is 5.01. The van der Waals surface area contributed by atoms with Crippen LogP contribution in [0.5, 0.6) is 0 Å². The van der Waals surface area contributed by atoms with Crippen molar-refractivity contribution in [2.75, 3.05) is 19.8 Å². The molecule has 1 N–H and O–H groups in total. The lowest BCUT2D eigenvalue weighted by Crippen LogP contribution is -2.22. The van der Waals surface area contributed by atoms with E-state index in [0.717, 1.165) is 31.4 Å². The molecule has 4 heteroatoms. The summed E-state index contributed by atoms with van der Waals surface area (Å²) in [6, 6.07) is 0.274. The summed E-state index contributed by atoms with van der Waals surface area (Å²) in [6.07, 6.45) is 7.65. The number of rotatable bonds is 5. The Balaban J connectivity index is 1.69. The van der Waals surface area contributed by atoms with Gasteiger partial charge in [-0.2, -0.15) is 0 Å². The van der Waals surface area contributed by atoms with Gasteiger partial charge in [-0.15, -0.1) is 0 Å². The molecule has 1 aliphatic heterocycles. The molecule has 0 saturated carbocycles. The van der Waals surface area contributed by atoms with Crippen molar-refractivity contribution in [3.8, 4) is 0 Å². The van der Waals surface area contributed by atoms with Crippen LogP contribution in [-0.4, -0.2) is 29.7 Å². The van der Waals surface area contributed by atoms with Crippen molar-refractivity contribution in [3.05, 3.63) is 24.3 Å². The van der Waals surface area contributed by atoms with Crippen molar-refractivity contribution in [2.45, 2.75) is 25.8 Å². The van der Waals surface area contributed by atoms with Crippen LogP contribution in [0.1, 0.15) is 31.5 Å². The second-order valence-electron chi connectivity index (χ2n) is 4.32. The quantitative estimate of drug-likeness (QED) is 0.819. The van der Waals surface area contributed by atoms with Crippen LogP contribution in [0.2, 0.25) is 0 Å². The lowest BCUT2D eigenvalue weighted by atomic mass is 10.1. The summed E-state index contributed by atoms with van der Waals surface area (Å²) >= 11 is 0. The van der Waals surface area contributed by atoms with Gasteiger partial charge in [0.15, 0.2) is 0 Å². The summed E-state index contributed by atoms with van der Waals surface area (Å²) in [7, 11) is 0. The smallest absolute Gasteiger partial charge is 0.0753 e. The summed E-state index contributed by atoms with van der Waals surface area (Å²) in [5, 5.41) is 3.47. The molecule has 16 heavy (non-hydrogen) atoms. The van der Waals surface area contributed by atoms with Crippen LogP contribution in [0, 0.1) is 5.92 Å². The first-order valence-corrected chi connectivity index (χ1v) is 5.93. The molecule has 4 nitrogen and oxygen atoms in total. The number of hydrogen-bond acceptors (Lipinski definition) is 4. The molecule has 0 aliphatic carbocycles. The lowest BCUT2D eigenvalue weighted by molar-refractivity contribution is 0.184. The first-order valence-electron chi connectivity index (χ1n) is 5.93. The van der Waals surface area contributed by atoms with E-state index in [1.54, 1.807) is 12.4 Å². The molecule has 88 valence electrons. The molecule has 0 spiro atoms. The molecule has 1 aromatic rings. The molecule has 0 aromatic carbocycles. The Hall–Kier alpha value is -1.00. The Kier molecular flexibility index (Phi) is 4.25. The minimum Gasteiger partial charge on any atom is -0.381 e. The summed E-state index contributed by atoms with van der Waals surface area (Å²) in [5.41, 5.74) is 1.00. The van der Waals surface area contributed by atoms with Gasteiger partial charge in [-0.1, -0.05) is 0 Å². The first-order chi connectivity index (χ1) is 7.86. The Bertz CT molecular complexity index is 298. The van der Waals surface area contributed by atoms with E-state index >= 15 is 0 Å². The highest BCUT2D eigenvalue weighted by molar-refractivity contribution is 5.00. The van der Waals surface area contributed by atoms with Gasteiger partial charge in [-0.25, -0.2) is 0 Å². The zero-order valence-corrected chi connectivity index (χ0v) is 9.72. The largest absolute Gasteiger partial charge is 0.381 e. The maximum absolute atomic E-state index is 5.35. The van der Waals surface area contributed by atoms with Crippen LogP contribution < -0.4 is 5.32 Å². The second-order valence-corrected chi connectivity index (χ2v) is 4.32. The Morgan fingerprint density at radius 1 is 1.56 bits per heavy atom. The molecule has 2 unspecified atom stereocenters. The molecule has 2 heterocycles. The third-order valence-electron chi connectivity index (χ3n) is 3.05. The van der Waals surface area contributed by atoms with E-state index in [0.29, 0.717) is 0 Å². The van der Waals surface area contributed by atoms with Gasteiger partial charge < -0.3 is 10.1 Å². The Labute approximate surface area is 96.4 Å². The number of nitrogens with zero attached hydrogens (tertiary/aromatic N) is 2. The van der Waals surface area contributed by atoms with E-state index in [-0.39, 0.29) is 6.04 Å². The molecule has 1 saturated heterocycles. The molecule has 0 radical (unpaired) electrons. The SMILES string of the molecule is CC(NCCC1CCOC1)c1cnccn1. The highest BCUT2D eigenvalue weighted by Gasteiger charge is 2.15. The Morgan fingerprint density at radius 3 is 3.19 bits per heavy atom. The summed E-state index contributed by atoms with van der Waals surface area (Å²) < 4.78 is 5.35. The van der Waals surface area contributed by atoms with Crippen LogP contribution in [0.4, 0.5) is 0 Å². The average Bonchev–Trinajstić information content (AvgIpc) is 2.83. The molecule has 0 amide bonds. The first kappa shape index (κ1) is 11.5. The zero-order chi connectivity index (χ0) is 11.2. The van der Waals surface area contributed by atoms with Gasteiger partial charge in [0.05, 0.1) is 5.69 Å². The minimum atomic E-state index is 0.274. The minimum absolute atomic E-state index is 0.274. The van der Waals surface area contributed by atoms with E-state index in [1.807, 2.05) is 6.20 Å². The number of hydrogen-bond donors (Lipinski definition) is 1. The topological polar surface area (TPSA) is 47.0 Å². The third kappa shape index (κ3) is 3.25. The van der Waals surface area contributed by atoms with Crippen molar-refractivity contribution in [1.29, 1.82) is 0 Å². The fraction of sp³-hybridized carbons (Fsp3) is 0.667. The van der Waals surface area contributed by atoms with Crippen LogP contribution in [0.25, 0.3) is 0 Å². The molecule has 0 bridgehead atoms. The number of aromatic nitrogens is 2. The number of ether oxygens (including phenoxy) is 1. The van der Waals surface area contributed by atoms with Gasteiger partial charge in [-0.3, -0.25) is 9.97 Å². The molecule has 1 aliphatic rings. The summed E-state index contributed by atoms with van der Waals surface area (Å²) in [5.74, 6) is 0.738. The van der Waals surface area contributed by atoms with Gasteiger partial charge >= 0.3 is 0 Å². The summed E-state index contributed by atoms with van der Waals surface area (Å²) in [4.78, 5) is 8.35. The van der Waals surface area contributed by atoms with Crippen molar-refractivity contribution in [3.63, 3.8) is 0 Å². The predicted octanol–water partition coefficient (Wildman–Crippen LogP) is 1.55. The highest BCUT2D eigenvalue weighted by Crippen LogP contribution is 2.16. The van der Waals surface area contributed by atoms with Gasteiger partial charge in [0, 0.05) is 37.8 Å². The molecule has 2 rings (SSSR count). The second kappa shape index (κ2) is 5.92. The fourth-order valence-electron chi connectivity index (χ4n) is 1.95. The normalized spacial score (nSPS) is 22.2. The van der Waals surface area contributed by atoms with Crippen molar-refractivity contribution in [2.24, 2.45) is 5.92 Å². The van der Waals surface area contributed by atoms with Gasteiger partial charge in [-0.05, 0) is 32.2 Å². The molecule has 1 fully saturated rings. The highest BCUT2D eigenvalue weighted by atomic mass is 16.5. The van der Waals surface area contributed by atoms with E-state index in [4.69, 9.17) is 4.74 Å². The molecule has 2 atom stereocenters. The van der Waals surface area contributed by atoms with Crippen LogP contribution in [0.3, 0.4) is 0 Å². The van der Waals surface area contributed by atoms with Crippen molar-refractivity contribution in [1.82, 2.24) is 15.3 Å². The van der Waals surface area contributed by atoms with E-state index in [9.17, 15) is 0 Å². The monoisotopic (exact) mass is 221 g/mol. The predicted molar refractivity (Wildman–Crippen MR) is 62.0 cm³/mol. The molecular formula is C12H19N3O. The molecule has 1 aromatic heterocycles. The van der Waals surface area contributed by atoms with Crippen molar-refractivity contribution >= 4 is 0 Å². The van der Waals surface area contributed by atoms with Gasteiger partial charge in [0.25, 0.3) is 0 Å². The zero-order valence-electron chi connectivity index (χ0n) is 9.72. The maximum Gasteiger partial charge on any atom is 0.0753 e. The third-order valence-corrected chi connectivity index (χ3v) is 3.05. The Morgan fingerprint density at radius 2 is 2.50 bits per heavy atom. The fourth-order valence-corrected chi connectivity index (χ4v) is 1.95. The maximum atomic E-state index is 5.35. The lowest BCUT2D eigenvalue weighted by Gasteiger charge is -2.14. The van der Waals surface area contributed by atoms with E-state index in [1.165, 1.54) is 12.8 Å². The van der Waals surface area contributed by atoms with Crippen LogP contribution in [0.15, 0.2) is 18.6 Å². The van der Waals surface area contributed by atoms with Crippen molar-refractivity contribution < 1.29 is 4.74 Å². The average molecular weight is 221 g/mol.